The van der Waals surface area contributed by atoms with E-state index in [-0.39, 0.29) is 5.56 Å². The van der Waals surface area contributed by atoms with Crippen molar-refractivity contribution in [2.45, 2.75) is 19.8 Å². The van der Waals surface area contributed by atoms with Gasteiger partial charge in [0.15, 0.2) is 0 Å². The van der Waals surface area contributed by atoms with Gasteiger partial charge in [-0.15, -0.1) is 0 Å². The first-order valence-electron chi connectivity index (χ1n) is 3.76. The van der Waals surface area contributed by atoms with Gasteiger partial charge in [0.05, 0.1) is 11.7 Å². The summed E-state index contributed by atoms with van der Waals surface area (Å²) in [6, 6.07) is 0. The van der Waals surface area contributed by atoms with Gasteiger partial charge in [-0.3, -0.25) is 0 Å². The van der Waals surface area contributed by atoms with Gasteiger partial charge in [-0.2, -0.15) is 0 Å². The van der Waals surface area contributed by atoms with Crippen LogP contribution in [0.3, 0.4) is 0 Å². The van der Waals surface area contributed by atoms with E-state index in [0.717, 1.165) is 6.42 Å². The highest BCUT2D eigenvalue weighted by Gasteiger charge is 2.02. The summed E-state index contributed by atoms with van der Waals surface area (Å²) in [4.78, 5) is 18.0. The third kappa shape index (κ3) is 1.78. The van der Waals surface area contributed by atoms with E-state index in [1.807, 2.05) is 6.92 Å². The van der Waals surface area contributed by atoms with Crippen molar-refractivity contribution in [1.29, 1.82) is 0 Å². The summed E-state index contributed by atoms with van der Waals surface area (Å²) in [5, 5.41) is 10.5. The number of aromatic nitrogens is 2. The molecule has 1 heterocycles. The third-order valence-electron chi connectivity index (χ3n) is 1.50. The van der Waals surface area contributed by atoms with E-state index in [4.69, 9.17) is 0 Å². The number of rotatable bonds is 3. The normalized spacial score (nSPS) is 9.75. The molecule has 4 nitrogen and oxygen atoms in total. The topological polar surface area (TPSA) is 65.9 Å². The minimum Gasteiger partial charge on any atom is -0.545 e. The highest BCUT2D eigenvalue weighted by molar-refractivity contribution is 5.86. The Labute approximate surface area is 70.3 Å². The maximum atomic E-state index is 10.5. The Bertz CT molecular complexity index is 286. The SMILES string of the molecule is CCCc1ncncc1C(=O)[O-]. The van der Waals surface area contributed by atoms with E-state index in [1.165, 1.54) is 12.5 Å². The fraction of sp³-hybridized carbons (Fsp3) is 0.375. The molecular weight excluding hydrogens is 156 g/mol. The van der Waals surface area contributed by atoms with Crippen molar-refractivity contribution in [1.82, 2.24) is 9.97 Å². The van der Waals surface area contributed by atoms with Gasteiger partial charge in [-0.25, -0.2) is 9.97 Å². The number of hydrogen-bond donors (Lipinski definition) is 0. The highest BCUT2D eigenvalue weighted by Crippen LogP contribution is 2.04. The van der Waals surface area contributed by atoms with Crippen LogP contribution in [0.25, 0.3) is 0 Å². The van der Waals surface area contributed by atoms with Crippen LogP contribution in [0.2, 0.25) is 0 Å². The van der Waals surface area contributed by atoms with Crippen LogP contribution in [-0.2, 0) is 6.42 Å². The maximum Gasteiger partial charge on any atom is 0.115 e. The van der Waals surface area contributed by atoms with Crippen molar-refractivity contribution < 1.29 is 9.90 Å². The number of carboxylic acids is 1. The Kier molecular flexibility index (Phi) is 2.74. The Morgan fingerprint density at radius 1 is 1.67 bits per heavy atom. The molecule has 0 N–H and O–H groups in total. The second-order valence-electron chi connectivity index (χ2n) is 2.42. The molecule has 1 rings (SSSR count). The molecule has 0 aromatic carbocycles. The predicted octanol–water partition coefficient (Wildman–Crippen LogP) is -0.207. The molecule has 0 fully saturated rings. The molecule has 0 saturated carbocycles. The van der Waals surface area contributed by atoms with Crippen LogP contribution < -0.4 is 5.11 Å². The average Bonchev–Trinajstić information content (AvgIpc) is 2.05. The smallest absolute Gasteiger partial charge is 0.115 e. The molecule has 0 atom stereocenters. The number of carboxylic acid groups (broad SMARTS) is 1. The summed E-state index contributed by atoms with van der Waals surface area (Å²) in [7, 11) is 0. The molecule has 0 saturated heterocycles. The first-order chi connectivity index (χ1) is 5.75. The molecule has 0 aliphatic heterocycles. The molecule has 1 aromatic rings. The van der Waals surface area contributed by atoms with E-state index in [2.05, 4.69) is 9.97 Å². The van der Waals surface area contributed by atoms with E-state index >= 15 is 0 Å². The van der Waals surface area contributed by atoms with Gasteiger partial charge >= 0.3 is 0 Å². The van der Waals surface area contributed by atoms with E-state index in [9.17, 15) is 9.90 Å². The van der Waals surface area contributed by atoms with Crippen molar-refractivity contribution in [2.75, 3.05) is 0 Å². The molecule has 12 heavy (non-hydrogen) atoms. The summed E-state index contributed by atoms with van der Waals surface area (Å²) < 4.78 is 0. The lowest BCUT2D eigenvalue weighted by molar-refractivity contribution is -0.255. The zero-order chi connectivity index (χ0) is 8.97. The van der Waals surface area contributed by atoms with E-state index in [1.54, 1.807) is 0 Å². The number of hydrogen-bond acceptors (Lipinski definition) is 4. The van der Waals surface area contributed by atoms with Crippen molar-refractivity contribution in [2.24, 2.45) is 0 Å². The number of aryl methyl sites for hydroxylation is 1. The summed E-state index contributed by atoms with van der Waals surface area (Å²) in [6.45, 7) is 1.96. The van der Waals surface area contributed by atoms with E-state index in [0.29, 0.717) is 12.1 Å². The molecule has 64 valence electrons. The van der Waals surface area contributed by atoms with Crippen molar-refractivity contribution in [3.63, 3.8) is 0 Å². The highest BCUT2D eigenvalue weighted by atomic mass is 16.4. The molecule has 0 bridgehead atoms. The zero-order valence-electron chi connectivity index (χ0n) is 6.78. The molecular formula is C8H9N2O2-. The summed E-state index contributed by atoms with van der Waals surface area (Å²) in [5.41, 5.74) is 0.645. The first kappa shape index (κ1) is 8.64. The Balaban J connectivity index is 3.00. The molecule has 0 amide bonds. The lowest BCUT2D eigenvalue weighted by Gasteiger charge is -2.06. The summed E-state index contributed by atoms with van der Waals surface area (Å²) in [6.07, 6.45) is 4.12. The predicted molar refractivity (Wildman–Crippen MR) is 40.4 cm³/mol. The standard InChI is InChI=1S/C8H10N2O2/c1-2-3-7-6(8(11)12)4-9-5-10-7/h4-5H,2-3H2,1H3,(H,11,12)/p-1. The van der Waals surface area contributed by atoms with Gasteiger partial charge < -0.3 is 9.90 Å². The Morgan fingerprint density at radius 3 is 3.00 bits per heavy atom. The number of aromatic carboxylic acids is 1. The fourth-order valence-electron chi connectivity index (χ4n) is 0.961. The lowest BCUT2D eigenvalue weighted by Crippen LogP contribution is -2.24. The molecule has 0 aliphatic rings. The van der Waals surface area contributed by atoms with Crippen molar-refractivity contribution in [3.8, 4) is 0 Å². The zero-order valence-corrected chi connectivity index (χ0v) is 6.78. The monoisotopic (exact) mass is 165 g/mol. The molecule has 0 aliphatic carbocycles. The van der Waals surface area contributed by atoms with E-state index < -0.39 is 5.97 Å². The van der Waals surface area contributed by atoms with Crippen molar-refractivity contribution in [3.05, 3.63) is 23.8 Å². The average molecular weight is 165 g/mol. The van der Waals surface area contributed by atoms with Gasteiger partial charge in [-0.1, -0.05) is 13.3 Å². The molecule has 0 spiro atoms. The van der Waals surface area contributed by atoms with Crippen LogP contribution in [0.15, 0.2) is 12.5 Å². The number of nitrogens with zero attached hydrogens (tertiary/aromatic N) is 2. The second kappa shape index (κ2) is 3.80. The lowest BCUT2D eigenvalue weighted by atomic mass is 10.1. The van der Waals surface area contributed by atoms with Crippen LogP contribution >= 0.6 is 0 Å². The Morgan fingerprint density at radius 2 is 2.42 bits per heavy atom. The fourth-order valence-corrected chi connectivity index (χ4v) is 0.961. The third-order valence-corrected chi connectivity index (χ3v) is 1.50. The molecule has 0 unspecified atom stereocenters. The van der Waals surface area contributed by atoms with Gasteiger partial charge in [0, 0.05) is 11.8 Å². The second-order valence-corrected chi connectivity index (χ2v) is 2.42. The molecule has 1 aromatic heterocycles. The quantitative estimate of drug-likeness (QED) is 0.621. The van der Waals surface area contributed by atoms with Gasteiger partial charge in [-0.05, 0) is 6.42 Å². The molecule has 4 heteroatoms. The molecule has 0 radical (unpaired) electrons. The summed E-state index contributed by atoms with van der Waals surface area (Å²) >= 11 is 0. The Hall–Kier alpha value is -1.45. The van der Waals surface area contributed by atoms with Crippen LogP contribution in [-0.4, -0.2) is 15.9 Å². The largest absolute Gasteiger partial charge is 0.545 e. The minimum absolute atomic E-state index is 0.0966. The van der Waals surface area contributed by atoms with Crippen LogP contribution in [0.5, 0.6) is 0 Å². The summed E-state index contributed by atoms with van der Waals surface area (Å²) in [5.74, 6) is -1.21. The van der Waals surface area contributed by atoms with Crippen LogP contribution in [0.4, 0.5) is 0 Å². The minimum atomic E-state index is -1.21. The van der Waals surface area contributed by atoms with Crippen LogP contribution in [0.1, 0.15) is 29.4 Å². The first-order valence-corrected chi connectivity index (χ1v) is 3.76. The van der Waals surface area contributed by atoms with Gasteiger partial charge in [0.1, 0.15) is 6.33 Å². The van der Waals surface area contributed by atoms with Gasteiger partial charge in [0.25, 0.3) is 0 Å². The number of carbonyl (C=O) groups is 1. The van der Waals surface area contributed by atoms with Gasteiger partial charge in [0.2, 0.25) is 0 Å². The van der Waals surface area contributed by atoms with Crippen molar-refractivity contribution >= 4 is 5.97 Å². The maximum absolute atomic E-state index is 10.5. The number of carbonyl (C=O) groups excluding carboxylic acids is 1. The van der Waals surface area contributed by atoms with Crippen LogP contribution in [0, 0.1) is 0 Å².